The first-order valence-corrected chi connectivity index (χ1v) is 6.99. The number of carbonyl (C=O) groups excluding carboxylic acids is 1. The smallest absolute Gasteiger partial charge is 0.426 e. The highest BCUT2D eigenvalue weighted by Gasteiger charge is 2.18. The second-order valence-corrected chi connectivity index (χ2v) is 6.12. The van der Waals surface area contributed by atoms with Crippen LogP contribution in [0.25, 0.3) is 10.8 Å². The molecular weight excluding hydrogens is 264 g/mol. The van der Waals surface area contributed by atoms with Gasteiger partial charge in [-0.1, -0.05) is 30.3 Å². The predicted molar refractivity (Wildman–Crippen MR) is 86.5 cm³/mol. The van der Waals surface area contributed by atoms with Crippen molar-refractivity contribution in [3.8, 4) is 0 Å². The Morgan fingerprint density at radius 1 is 1.10 bits per heavy atom. The van der Waals surface area contributed by atoms with Gasteiger partial charge in [0.25, 0.3) is 0 Å². The molecule has 112 valence electrons. The molecule has 0 spiro atoms. The lowest BCUT2D eigenvalue weighted by atomic mass is 10.0. The van der Waals surface area contributed by atoms with Crippen LogP contribution in [-0.4, -0.2) is 18.7 Å². The Balaban J connectivity index is 2.26. The average Bonchev–Trinajstić information content (AvgIpc) is 2.37. The number of fused-ring (bicyclic) bond motifs is 1. The topological polar surface area (TPSA) is 41.6 Å². The number of carbonyl (C=O) groups is 1. The van der Waals surface area contributed by atoms with Gasteiger partial charge < -0.3 is 4.74 Å². The Hall–Kier alpha value is -2.23. The summed E-state index contributed by atoms with van der Waals surface area (Å²) in [6.45, 7) is 7.60. The van der Waals surface area contributed by atoms with Crippen molar-refractivity contribution in [2.24, 2.45) is 0 Å². The van der Waals surface area contributed by atoms with Crippen LogP contribution in [0.2, 0.25) is 0 Å². The summed E-state index contributed by atoms with van der Waals surface area (Å²) in [5, 5.41) is 3.96. The highest BCUT2D eigenvalue weighted by atomic mass is 16.6. The summed E-state index contributed by atoms with van der Waals surface area (Å²) in [6, 6.07) is 12.2. The fourth-order valence-corrected chi connectivity index (χ4v) is 2.22. The lowest BCUT2D eigenvalue weighted by molar-refractivity contribution is 0.0525. The van der Waals surface area contributed by atoms with Crippen LogP contribution in [0.5, 0.6) is 0 Å². The van der Waals surface area contributed by atoms with E-state index < -0.39 is 11.7 Å². The van der Waals surface area contributed by atoms with Gasteiger partial charge in [-0.3, -0.25) is 5.01 Å². The van der Waals surface area contributed by atoms with E-state index in [0.717, 1.165) is 11.1 Å². The average molecular weight is 286 g/mol. The fraction of sp³-hybridized carbons (Fsp3) is 0.353. The van der Waals surface area contributed by atoms with Crippen molar-refractivity contribution in [1.29, 1.82) is 0 Å². The van der Waals surface area contributed by atoms with Gasteiger partial charge in [-0.2, -0.15) is 0 Å². The van der Waals surface area contributed by atoms with Gasteiger partial charge in [0.05, 0.1) is 5.69 Å². The zero-order valence-corrected chi connectivity index (χ0v) is 13.2. The minimum Gasteiger partial charge on any atom is -0.443 e. The molecule has 0 heterocycles. The predicted octanol–water partition coefficient (Wildman–Crippen LogP) is 4.02. The maximum Gasteiger partial charge on any atom is 0.426 e. The van der Waals surface area contributed by atoms with E-state index in [-0.39, 0.29) is 0 Å². The monoisotopic (exact) mass is 286 g/mol. The molecule has 1 N–H and O–H groups in total. The van der Waals surface area contributed by atoms with E-state index in [1.54, 1.807) is 12.1 Å². The Labute approximate surface area is 125 Å². The summed E-state index contributed by atoms with van der Waals surface area (Å²) in [6.07, 6.45) is -0.463. The number of benzene rings is 2. The molecule has 0 aliphatic carbocycles. The fourth-order valence-electron chi connectivity index (χ4n) is 2.22. The maximum absolute atomic E-state index is 11.9. The zero-order valence-electron chi connectivity index (χ0n) is 13.2. The van der Waals surface area contributed by atoms with Crippen LogP contribution in [0.15, 0.2) is 36.4 Å². The summed E-state index contributed by atoms with van der Waals surface area (Å²) in [5.41, 5.74) is 4.36. The van der Waals surface area contributed by atoms with Crippen molar-refractivity contribution in [3.63, 3.8) is 0 Å². The first-order chi connectivity index (χ1) is 9.78. The van der Waals surface area contributed by atoms with Crippen molar-refractivity contribution >= 4 is 22.6 Å². The van der Waals surface area contributed by atoms with Crippen LogP contribution < -0.4 is 10.4 Å². The first kappa shape index (κ1) is 15.2. The molecule has 0 radical (unpaired) electrons. The highest BCUT2D eigenvalue weighted by molar-refractivity contribution is 5.96. The number of aryl methyl sites for hydroxylation is 1. The third-order valence-corrected chi connectivity index (χ3v) is 3.14. The van der Waals surface area contributed by atoms with Crippen molar-refractivity contribution in [2.45, 2.75) is 33.3 Å². The Morgan fingerprint density at radius 3 is 2.33 bits per heavy atom. The number of hydrogen-bond acceptors (Lipinski definition) is 3. The second kappa shape index (κ2) is 5.64. The minimum absolute atomic E-state index is 0.463. The highest BCUT2D eigenvalue weighted by Crippen LogP contribution is 2.27. The van der Waals surface area contributed by atoms with Crippen LogP contribution in [0.1, 0.15) is 26.3 Å². The summed E-state index contributed by atoms with van der Waals surface area (Å²) in [7, 11) is 1.81. The molecule has 1 amide bonds. The summed E-state index contributed by atoms with van der Waals surface area (Å²) >= 11 is 0. The number of nitrogens with zero attached hydrogens (tertiary/aromatic N) is 1. The summed E-state index contributed by atoms with van der Waals surface area (Å²) in [5.74, 6) is 0. The molecule has 0 atom stereocenters. The van der Waals surface area contributed by atoms with Gasteiger partial charge in [0.2, 0.25) is 0 Å². The molecule has 2 aromatic rings. The molecule has 0 unspecified atom stereocenters. The van der Waals surface area contributed by atoms with E-state index in [1.165, 1.54) is 10.9 Å². The van der Waals surface area contributed by atoms with Crippen molar-refractivity contribution in [1.82, 2.24) is 5.43 Å². The number of hydrazine groups is 1. The van der Waals surface area contributed by atoms with Crippen LogP contribution in [0.4, 0.5) is 10.5 Å². The lowest BCUT2D eigenvalue weighted by Gasteiger charge is -2.25. The van der Waals surface area contributed by atoms with E-state index in [4.69, 9.17) is 4.74 Å². The largest absolute Gasteiger partial charge is 0.443 e. The molecule has 0 saturated carbocycles. The lowest BCUT2D eigenvalue weighted by Crippen LogP contribution is -2.42. The van der Waals surface area contributed by atoms with E-state index in [1.807, 2.05) is 51.1 Å². The van der Waals surface area contributed by atoms with Crippen LogP contribution in [0, 0.1) is 6.92 Å². The molecule has 4 heteroatoms. The second-order valence-electron chi connectivity index (χ2n) is 6.12. The number of hydrogen-bond donors (Lipinski definition) is 1. The number of amides is 1. The van der Waals surface area contributed by atoms with Crippen LogP contribution in [0.3, 0.4) is 0 Å². The van der Waals surface area contributed by atoms with Gasteiger partial charge >= 0.3 is 6.09 Å². The Bertz CT molecular complexity index is 659. The van der Waals surface area contributed by atoms with Gasteiger partial charge in [-0.05, 0) is 44.7 Å². The number of nitrogens with one attached hydrogen (secondary N) is 1. The van der Waals surface area contributed by atoms with Crippen molar-refractivity contribution < 1.29 is 9.53 Å². The van der Waals surface area contributed by atoms with Gasteiger partial charge in [0.15, 0.2) is 0 Å². The Kier molecular flexibility index (Phi) is 4.07. The molecule has 4 nitrogen and oxygen atoms in total. The van der Waals surface area contributed by atoms with E-state index >= 15 is 0 Å². The zero-order chi connectivity index (χ0) is 15.6. The Morgan fingerprint density at radius 2 is 1.71 bits per heavy atom. The number of anilines is 1. The summed E-state index contributed by atoms with van der Waals surface area (Å²) < 4.78 is 5.27. The van der Waals surface area contributed by atoms with Crippen LogP contribution >= 0.6 is 0 Å². The molecule has 2 rings (SSSR count). The molecule has 0 fully saturated rings. The van der Waals surface area contributed by atoms with Gasteiger partial charge in [-0.25, -0.2) is 10.2 Å². The molecule has 0 saturated heterocycles. The normalized spacial score (nSPS) is 11.3. The molecule has 21 heavy (non-hydrogen) atoms. The van der Waals surface area contributed by atoms with E-state index in [0.29, 0.717) is 0 Å². The number of rotatable bonds is 2. The van der Waals surface area contributed by atoms with Gasteiger partial charge in [0.1, 0.15) is 5.60 Å². The van der Waals surface area contributed by atoms with E-state index in [9.17, 15) is 4.79 Å². The van der Waals surface area contributed by atoms with Crippen molar-refractivity contribution in [2.75, 3.05) is 12.1 Å². The quantitative estimate of drug-likeness (QED) is 0.848. The molecule has 0 bridgehead atoms. The molecule has 0 aliphatic rings. The molecule has 2 aromatic carbocycles. The first-order valence-electron chi connectivity index (χ1n) is 6.99. The van der Waals surface area contributed by atoms with E-state index in [2.05, 4.69) is 18.4 Å². The SMILES string of the molecule is Cc1ccc(N(C)NC(=O)OC(C)(C)C)c2ccccc12. The number of ether oxygens (including phenoxy) is 1. The van der Waals surface area contributed by atoms with Gasteiger partial charge in [-0.15, -0.1) is 0 Å². The maximum atomic E-state index is 11.9. The molecule has 0 aliphatic heterocycles. The molecule has 0 aromatic heterocycles. The minimum atomic E-state index is -0.514. The van der Waals surface area contributed by atoms with Crippen molar-refractivity contribution in [3.05, 3.63) is 42.0 Å². The standard InChI is InChI=1S/C17H22N2O2/c1-12-10-11-15(14-9-7-6-8-13(12)14)19(5)18-16(20)21-17(2,3)4/h6-11H,1-5H3,(H,18,20). The third-order valence-electron chi connectivity index (χ3n) is 3.14. The molecular formula is C17H22N2O2. The summed E-state index contributed by atoms with van der Waals surface area (Å²) in [4.78, 5) is 11.9. The third kappa shape index (κ3) is 3.66. The van der Waals surface area contributed by atoms with Gasteiger partial charge in [0, 0.05) is 12.4 Å². The van der Waals surface area contributed by atoms with Crippen LogP contribution in [-0.2, 0) is 4.74 Å².